The molecule has 0 fully saturated rings. The molecule has 3 aromatic rings. The lowest BCUT2D eigenvalue weighted by molar-refractivity contribution is -0.121. The molecule has 140 valence electrons. The highest BCUT2D eigenvalue weighted by atomic mass is 35.5. The van der Waals surface area contributed by atoms with Crippen molar-refractivity contribution in [3.05, 3.63) is 74.1 Å². The lowest BCUT2D eigenvalue weighted by Crippen LogP contribution is -2.42. The Morgan fingerprint density at radius 1 is 1.19 bits per heavy atom. The monoisotopic (exact) mass is 389 g/mol. The predicted octanol–water partition coefficient (Wildman–Crippen LogP) is 2.47. The van der Waals surface area contributed by atoms with E-state index in [1.165, 1.54) is 16.7 Å². The standard InChI is InChI=1S/C19H17ClFN3O3/c1-2-9-22-17(25)11-23-16-6-4-3-5-13(16)18(26)24(19(23)27)12-7-8-15(21)14(20)10-12/h3-8,10H,2,9,11H2,1H3,(H,22,25). The van der Waals surface area contributed by atoms with Gasteiger partial charge in [-0.2, -0.15) is 0 Å². The maximum absolute atomic E-state index is 13.5. The van der Waals surface area contributed by atoms with Crippen molar-refractivity contribution in [2.45, 2.75) is 19.9 Å². The molecule has 1 aromatic heterocycles. The molecule has 0 spiro atoms. The number of hydrogen-bond donors (Lipinski definition) is 1. The van der Waals surface area contributed by atoms with Crippen molar-refractivity contribution in [1.82, 2.24) is 14.5 Å². The summed E-state index contributed by atoms with van der Waals surface area (Å²) < 4.78 is 15.6. The number of carbonyl (C=O) groups excluding carboxylic acids is 1. The summed E-state index contributed by atoms with van der Waals surface area (Å²) in [5.41, 5.74) is -0.787. The third-order valence-corrected chi connectivity index (χ3v) is 4.38. The summed E-state index contributed by atoms with van der Waals surface area (Å²) >= 11 is 5.80. The molecule has 2 aromatic carbocycles. The third kappa shape index (κ3) is 3.64. The van der Waals surface area contributed by atoms with Gasteiger partial charge in [0.1, 0.15) is 12.4 Å². The number of halogens is 2. The van der Waals surface area contributed by atoms with E-state index in [-0.39, 0.29) is 28.5 Å². The van der Waals surface area contributed by atoms with Crippen LogP contribution in [0.2, 0.25) is 5.02 Å². The number of aromatic nitrogens is 2. The van der Waals surface area contributed by atoms with Crippen LogP contribution in [0.25, 0.3) is 16.6 Å². The average molecular weight is 390 g/mol. The van der Waals surface area contributed by atoms with Crippen LogP contribution in [0.4, 0.5) is 4.39 Å². The van der Waals surface area contributed by atoms with Gasteiger partial charge in [-0.1, -0.05) is 30.7 Å². The van der Waals surface area contributed by atoms with E-state index in [2.05, 4.69) is 5.32 Å². The van der Waals surface area contributed by atoms with Gasteiger partial charge in [-0.05, 0) is 36.8 Å². The largest absolute Gasteiger partial charge is 0.355 e. The predicted molar refractivity (Wildman–Crippen MR) is 102 cm³/mol. The Bertz CT molecular complexity index is 1140. The molecule has 0 aliphatic heterocycles. The summed E-state index contributed by atoms with van der Waals surface area (Å²) in [4.78, 5) is 38.1. The number of amides is 1. The van der Waals surface area contributed by atoms with E-state index in [0.29, 0.717) is 12.1 Å². The first kappa shape index (κ1) is 18.8. The average Bonchev–Trinajstić information content (AvgIpc) is 2.66. The zero-order valence-corrected chi connectivity index (χ0v) is 15.3. The minimum Gasteiger partial charge on any atom is -0.355 e. The zero-order chi connectivity index (χ0) is 19.6. The summed E-state index contributed by atoms with van der Waals surface area (Å²) in [6, 6.07) is 10.1. The SMILES string of the molecule is CCCNC(=O)Cn1c(=O)n(-c2ccc(F)c(Cl)c2)c(=O)c2ccccc21. The molecule has 3 rings (SSSR count). The smallest absolute Gasteiger partial charge is 0.336 e. The summed E-state index contributed by atoms with van der Waals surface area (Å²) in [7, 11) is 0. The number of rotatable bonds is 5. The fourth-order valence-electron chi connectivity index (χ4n) is 2.79. The van der Waals surface area contributed by atoms with Crippen molar-refractivity contribution in [3.63, 3.8) is 0 Å². The van der Waals surface area contributed by atoms with Gasteiger partial charge < -0.3 is 5.32 Å². The molecule has 6 nitrogen and oxygen atoms in total. The fourth-order valence-corrected chi connectivity index (χ4v) is 2.96. The van der Waals surface area contributed by atoms with Crippen LogP contribution >= 0.6 is 11.6 Å². The number of para-hydroxylation sites is 1. The van der Waals surface area contributed by atoms with Gasteiger partial charge in [0.15, 0.2) is 0 Å². The Hall–Kier alpha value is -2.93. The van der Waals surface area contributed by atoms with Crippen molar-refractivity contribution in [2.75, 3.05) is 6.54 Å². The number of nitrogens with zero attached hydrogens (tertiary/aromatic N) is 2. The van der Waals surface area contributed by atoms with E-state index >= 15 is 0 Å². The van der Waals surface area contributed by atoms with Crippen LogP contribution in [0.1, 0.15) is 13.3 Å². The Kier molecular flexibility index (Phi) is 5.41. The van der Waals surface area contributed by atoms with Crippen LogP contribution < -0.4 is 16.6 Å². The number of fused-ring (bicyclic) bond motifs is 1. The highest BCUT2D eigenvalue weighted by Crippen LogP contribution is 2.18. The maximum Gasteiger partial charge on any atom is 0.336 e. The minimum atomic E-state index is -0.701. The number of nitrogens with one attached hydrogen (secondary N) is 1. The number of hydrogen-bond acceptors (Lipinski definition) is 3. The van der Waals surface area contributed by atoms with E-state index in [0.717, 1.165) is 17.1 Å². The molecule has 0 aliphatic rings. The lowest BCUT2D eigenvalue weighted by atomic mass is 10.2. The Labute approximate surface area is 158 Å². The van der Waals surface area contributed by atoms with Crippen molar-refractivity contribution >= 4 is 28.4 Å². The number of benzene rings is 2. The van der Waals surface area contributed by atoms with Crippen molar-refractivity contribution in [1.29, 1.82) is 0 Å². The first-order valence-electron chi connectivity index (χ1n) is 8.40. The van der Waals surface area contributed by atoms with Gasteiger partial charge in [0.05, 0.1) is 21.6 Å². The van der Waals surface area contributed by atoms with E-state index in [9.17, 15) is 18.8 Å². The van der Waals surface area contributed by atoms with E-state index in [4.69, 9.17) is 11.6 Å². The normalized spacial score (nSPS) is 10.9. The summed E-state index contributed by atoms with van der Waals surface area (Å²) in [6.07, 6.45) is 0.759. The van der Waals surface area contributed by atoms with Gasteiger partial charge >= 0.3 is 5.69 Å². The molecule has 1 N–H and O–H groups in total. The maximum atomic E-state index is 13.5. The van der Waals surface area contributed by atoms with Gasteiger partial charge in [0, 0.05) is 6.54 Å². The molecule has 0 aliphatic carbocycles. The van der Waals surface area contributed by atoms with E-state index in [1.807, 2.05) is 6.92 Å². The first-order valence-corrected chi connectivity index (χ1v) is 8.78. The fraction of sp³-hybridized carbons (Fsp3) is 0.211. The van der Waals surface area contributed by atoms with E-state index < -0.39 is 17.1 Å². The molecule has 27 heavy (non-hydrogen) atoms. The molecular weight excluding hydrogens is 373 g/mol. The first-order chi connectivity index (χ1) is 12.9. The molecule has 0 atom stereocenters. The number of carbonyl (C=O) groups is 1. The quantitative estimate of drug-likeness (QED) is 0.728. The minimum absolute atomic E-state index is 0.130. The van der Waals surface area contributed by atoms with Crippen LogP contribution in [0.3, 0.4) is 0 Å². The third-order valence-electron chi connectivity index (χ3n) is 4.09. The molecule has 1 amide bonds. The second-order valence-corrected chi connectivity index (χ2v) is 6.38. The highest BCUT2D eigenvalue weighted by Gasteiger charge is 2.17. The van der Waals surface area contributed by atoms with Gasteiger partial charge in [-0.25, -0.2) is 13.8 Å². The van der Waals surface area contributed by atoms with Crippen LogP contribution in [0.5, 0.6) is 0 Å². The van der Waals surface area contributed by atoms with Gasteiger partial charge in [0.25, 0.3) is 5.56 Å². The summed E-state index contributed by atoms with van der Waals surface area (Å²) in [6.45, 7) is 2.16. The van der Waals surface area contributed by atoms with Crippen LogP contribution in [-0.2, 0) is 11.3 Å². The van der Waals surface area contributed by atoms with Crippen molar-refractivity contribution < 1.29 is 9.18 Å². The van der Waals surface area contributed by atoms with Crippen LogP contribution in [0.15, 0.2) is 52.1 Å². The molecule has 0 unspecified atom stereocenters. The molecule has 0 bridgehead atoms. The lowest BCUT2D eigenvalue weighted by Gasteiger charge is -2.14. The Morgan fingerprint density at radius 3 is 2.63 bits per heavy atom. The second-order valence-electron chi connectivity index (χ2n) is 5.97. The molecule has 0 saturated heterocycles. The molecule has 8 heteroatoms. The molecule has 0 saturated carbocycles. The van der Waals surface area contributed by atoms with Crippen LogP contribution in [-0.4, -0.2) is 21.6 Å². The molecule has 0 radical (unpaired) electrons. The van der Waals surface area contributed by atoms with E-state index in [1.54, 1.807) is 24.3 Å². The molecule has 1 heterocycles. The van der Waals surface area contributed by atoms with Crippen molar-refractivity contribution in [2.24, 2.45) is 0 Å². The van der Waals surface area contributed by atoms with Gasteiger partial charge in [0.2, 0.25) is 5.91 Å². The Morgan fingerprint density at radius 2 is 1.93 bits per heavy atom. The Balaban J connectivity index is 2.26. The summed E-state index contributed by atoms with van der Waals surface area (Å²) in [5.74, 6) is -1.00. The van der Waals surface area contributed by atoms with Gasteiger partial charge in [-0.15, -0.1) is 0 Å². The zero-order valence-electron chi connectivity index (χ0n) is 14.5. The van der Waals surface area contributed by atoms with Gasteiger partial charge in [-0.3, -0.25) is 14.2 Å². The summed E-state index contributed by atoms with van der Waals surface area (Å²) in [5, 5.41) is 2.76. The topological polar surface area (TPSA) is 73.1 Å². The highest BCUT2D eigenvalue weighted by molar-refractivity contribution is 6.30. The second kappa shape index (κ2) is 7.75. The van der Waals surface area contributed by atoms with Crippen molar-refractivity contribution in [3.8, 4) is 5.69 Å². The van der Waals surface area contributed by atoms with Crippen LogP contribution in [0, 0.1) is 5.82 Å². The molecular formula is C19H17ClFN3O3.